The zero-order valence-corrected chi connectivity index (χ0v) is 11.0. The fourth-order valence-electron chi connectivity index (χ4n) is 1.24. The van der Waals surface area contributed by atoms with Crippen LogP contribution in [0.5, 0.6) is 0 Å². The number of hydrogen-bond donors (Lipinski definition) is 2. The smallest absolute Gasteiger partial charge is 0.228 e. The van der Waals surface area contributed by atoms with Gasteiger partial charge in [-0.05, 0) is 47.4 Å². The summed E-state index contributed by atoms with van der Waals surface area (Å²) in [7, 11) is 0. The number of nitrogens with zero attached hydrogens (tertiary/aromatic N) is 1. The molecule has 1 rings (SSSR count). The van der Waals surface area contributed by atoms with Gasteiger partial charge in [-0.2, -0.15) is 0 Å². The molecule has 0 fully saturated rings. The summed E-state index contributed by atoms with van der Waals surface area (Å²) in [6.45, 7) is 4.32. The second kappa shape index (κ2) is 5.96. The molecule has 1 aromatic rings. The highest BCUT2D eigenvalue weighted by molar-refractivity contribution is 9.10. The number of rotatable bonds is 4. The molecule has 0 aliphatic carbocycles. The van der Waals surface area contributed by atoms with Gasteiger partial charge in [-0.15, -0.1) is 0 Å². The number of amides is 1. The van der Waals surface area contributed by atoms with Gasteiger partial charge >= 0.3 is 0 Å². The van der Waals surface area contributed by atoms with Gasteiger partial charge in [0.15, 0.2) is 0 Å². The van der Waals surface area contributed by atoms with E-state index in [9.17, 15) is 4.79 Å². The number of hydrogen-bond acceptors (Lipinski definition) is 3. The Hall–Kier alpha value is -0.940. The minimum absolute atomic E-state index is 0.0420. The van der Waals surface area contributed by atoms with Crippen LogP contribution in [0.1, 0.15) is 18.9 Å². The van der Waals surface area contributed by atoms with E-state index in [1.807, 2.05) is 19.9 Å². The average Bonchev–Trinajstić information content (AvgIpc) is 2.24. The fraction of sp³-hybridized carbons (Fsp3) is 0.455. The monoisotopic (exact) mass is 285 g/mol. The number of aryl methyl sites for hydroxylation is 1. The second-order valence-electron chi connectivity index (χ2n) is 3.79. The summed E-state index contributed by atoms with van der Waals surface area (Å²) >= 11 is 3.36. The summed E-state index contributed by atoms with van der Waals surface area (Å²) in [4.78, 5) is 15.8. The van der Waals surface area contributed by atoms with Crippen molar-refractivity contribution in [3.05, 3.63) is 22.3 Å². The van der Waals surface area contributed by atoms with Crippen molar-refractivity contribution in [3.63, 3.8) is 0 Å². The van der Waals surface area contributed by atoms with Crippen LogP contribution >= 0.6 is 15.9 Å². The molecule has 0 saturated heterocycles. The van der Waals surface area contributed by atoms with Crippen LogP contribution in [0.3, 0.4) is 0 Å². The molecule has 0 saturated carbocycles. The Kier molecular flexibility index (Phi) is 4.89. The standard InChI is InChI=1S/C11H16BrN3O/c1-7(3-4-13)11(16)15-10-5-8(2)9(12)6-14-10/h5-7H,3-4,13H2,1-2H3,(H,14,15,16). The Morgan fingerprint density at radius 3 is 2.94 bits per heavy atom. The molecule has 0 aromatic carbocycles. The lowest BCUT2D eigenvalue weighted by Gasteiger charge is -2.11. The van der Waals surface area contributed by atoms with Crippen LogP contribution < -0.4 is 11.1 Å². The predicted molar refractivity (Wildman–Crippen MR) is 68.1 cm³/mol. The van der Waals surface area contributed by atoms with Crippen molar-refractivity contribution in [1.29, 1.82) is 0 Å². The zero-order chi connectivity index (χ0) is 12.1. The van der Waals surface area contributed by atoms with Gasteiger partial charge in [0.05, 0.1) is 0 Å². The van der Waals surface area contributed by atoms with Crippen molar-refractivity contribution in [2.24, 2.45) is 11.7 Å². The number of carbonyl (C=O) groups excluding carboxylic acids is 1. The number of halogens is 1. The molecular weight excluding hydrogens is 270 g/mol. The highest BCUT2D eigenvalue weighted by atomic mass is 79.9. The first-order valence-electron chi connectivity index (χ1n) is 5.17. The summed E-state index contributed by atoms with van der Waals surface area (Å²) in [5.74, 6) is 0.449. The van der Waals surface area contributed by atoms with E-state index < -0.39 is 0 Å². The molecule has 16 heavy (non-hydrogen) atoms. The molecule has 0 radical (unpaired) electrons. The van der Waals surface area contributed by atoms with E-state index in [0.717, 1.165) is 10.0 Å². The van der Waals surface area contributed by atoms with Gasteiger partial charge in [0.2, 0.25) is 5.91 Å². The van der Waals surface area contributed by atoms with Crippen molar-refractivity contribution in [3.8, 4) is 0 Å². The number of pyridine rings is 1. The summed E-state index contributed by atoms with van der Waals surface area (Å²) in [6, 6.07) is 1.83. The van der Waals surface area contributed by atoms with Gasteiger partial charge in [-0.3, -0.25) is 4.79 Å². The molecule has 0 aliphatic rings. The van der Waals surface area contributed by atoms with Crippen LogP contribution in [0.2, 0.25) is 0 Å². The highest BCUT2D eigenvalue weighted by Crippen LogP contribution is 2.17. The van der Waals surface area contributed by atoms with Crippen LogP contribution in [-0.4, -0.2) is 17.4 Å². The minimum Gasteiger partial charge on any atom is -0.330 e. The number of nitrogens with one attached hydrogen (secondary N) is 1. The molecule has 0 bridgehead atoms. The number of aromatic nitrogens is 1. The lowest BCUT2D eigenvalue weighted by molar-refractivity contribution is -0.119. The van der Waals surface area contributed by atoms with E-state index in [0.29, 0.717) is 18.8 Å². The van der Waals surface area contributed by atoms with E-state index in [4.69, 9.17) is 5.73 Å². The third-order valence-electron chi connectivity index (χ3n) is 2.35. The first-order chi connectivity index (χ1) is 7.54. The highest BCUT2D eigenvalue weighted by Gasteiger charge is 2.12. The first-order valence-corrected chi connectivity index (χ1v) is 5.97. The predicted octanol–water partition coefficient (Wildman–Crippen LogP) is 2.08. The Bertz CT molecular complexity index is 381. The Balaban J connectivity index is 2.66. The van der Waals surface area contributed by atoms with Gasteiger partial charge in [0.1, 0.15) is 5.82 Å². The summed E-state index contributed by atoms with van der Waals surface area (Å²) in [5.41, 5.74) is 6.44. The molecule has 5 heteroatoms. The van der Waals surface area contributed by atoms with Crippen molar-refractivity contribution < 1.29 is 4.79 Å². The maximum atomic E-state index is 11.7. The quantitative estimate of drug-likeness (QED) is 0.890. The second-order valence-corrected chi connectivity index (χ2v) is 4.64. The molecule has 88 valence electrons. The van der Waals surface area contributed by atoms with E-state index in [1.165, 1.54) is 0 Å². The van der Waals surface area contributed by atoms with Crippen LogP contribution in [0.25, 0.3) is 0 Å². The van der Waals surface area contributed by atoms with Crippen LogP contribution in [0, 0.1) is 12.8 Å². The molecule has 1 aromatic heterocycles. The van der Waals surface area contributed by atoms with E-state index in [2.05, 4.69) is 26.2 Å². The van der Waals surface area contributed by atoms with Gasteiger partial charge in [0, 0.05) is 16.6 Å². The SMILES string of the molecule is Cc1cc(NC(=O)C(C)CCN)ncc1Br. The van der Waals surface area contributed by atoms with Crippen molar-refractivity contribution in [1.82, 2.24) is 4.98 Å². The lowest BCUT2D eigenvalue weighted by atomic mass is 10.1. The molecule has 0 aliphatic heterocycles. The molecule has 3 N–H and O–H groups in total. The van der Waals surface area contributed by atoms with Crippen molar-refractivity contribution >= 4 is 27.7 Å². The largest absolute Gasteiger partial charge is 0.330 e. The molecule has 1 heterocycles. The Morgan fingerprint density at radius 2 is 2.38 bits per heavy atom. The topological polar surface area (TPSA) is 68.0 Å². The van der Waals surface area contributed by atoms with Crippen LogP contribution in [0.4, 0.5) is 5.82 Å². The maximum Gasteiger partial charge on any atom is 0.228 e. The molecular formula is C11H16BrN3O. The number of anilines is 1. The first kappa shape index (κ1) is 13.1. The van der Waals surface area contributed by atoms with Crippen LogP contribution in [0.15, 0.2) is 16.7 Å². The minimum atomic E-state index is -0.0873. The number of nitrogens with two attached hydrogens (primary N) is 1. The number of carbonyl (C=O) groups is 1. The summed E-state index contributed by atoms with van der Waals surface area (Å²) in [5, 5.41) is 2.77. The van der Waals surface area contributed by atoms with Gasteiger partial charge < -0.3 is 11.1 Å². The third kappa shape index (κ3) is 3.57. The van der Waals surface area contributed by atoms with E-state index in [-0.39, 0.29) is 11.8 Å². The van der Waals surface area contributed by atoms with Gasteiger partial charge in [-0.1, -0.05) is 6.92 Å². The molecule has 1 amide bonds. The molecule has 0 spiro atoms. The van der Waals surface area contributed by atoms with Gasteiger partial charge in [-0.25, -0.2) is 4.98 Å². The van der Waals surface area contributed by atoms with E-state index in [1.54, 1.807) is 6.20 Å². The Morgan fingerprint density at radius 1 is 1.69 bits per heavy atom. The normalized spacial score (nSPS) is 12.2. The van der Waals surface area contributed by atoms with Crippen molar-refractivity contribution in [2.75, 3.05) is 11.9 Å². The van der Waals surface area contributed by atoms with Crippen molar-refractivity contribution in [2.45, 2.75) is 20.3 Å². The van der Waals surface area contributed by atoms with Crippen LogP contribution in [-0.2, 0) is 4.79 Å². The third-order valence-corrected chi connectivity index (χ3v) is 3.18. The Labute approximate surface area is 104 Å². The molecule has 1 atom stereocenters. The fourth-order valence-corrected chi connectivity index (χ4v) is 1.46. The molecule has 4 nitrogen and oxygen atoms in total. The zero-order valence-electron chi connectivity index (χ0n) is 9.46. The molecule has 1 unspecified atom stereocenters. The van der Waals surface area contributed by atoms with E-state index >= 15 is 0 Å². The summed E-state index contributed by atoms with van der Waals surface area (Å²) in [6.07, 6.45) is 2.36. The lowest BCUT2D eigenvalue weighted by Crippen LogP contribution is -2.23. The summed E-state index contributed by atoms with van der Waals surface area (Å²) < 4.78 is 0.931. The maximum absolute atomic E-state index is 11.7. The average molecular weight is 286 g/mol. The van der Waals surface area contributed by atoms with Gasteiger partial charge in [0.25, 0.3) is 0 Å².